The average Bonchev–Trinajstić information content (AvgIpc) is 3.10. The zero-order valence-electron chi connectivity index (χ0n) is 14.5. The molecule has 0 aliphatic carbocycles. The van der Waals surface area contributed by atoms with Gasteiger partial charge in [0, 0.05) is 10.9 Å². The van der Waals surface area contributed by atoms with E-state index in [-0.39, 0.29) is 11.1 Å². The van der Waals surface area contributed by atoms with Gasteiger partial charge in [-0.1, -0.05) is 54.1 Å². The molecule has 2 aromatic heterocycles. The maximum Gasteiger partial charge on any atom is 0.263 e. The number of hydrogen-bond acceptors (Lipinski definition) is 5. The zero-order chi connectivity index (χ0) is 19.0. The van der Waals surface area contributed by atoms with Crippen LogP contribution < -0.4 is 10.7 Å². The van der Waals surface area contributed by atoms with Crippen molar-refractivity contribution in [3.8, 4) is 11.1 Å². The third kappa shape index (κ3) is 3.27. The van der Waals surface area contributed by atoms with Crippen LogP contribution in [0.25, 0.3) is 21.3 Å². The molecule has 0 saturated heterocycles. The van der Waals surface area contributed by atoms with E-state index in [1.54, 1.807) is 16.7 Å². The van der Waals surface area contributed by atoms with Crippen molar-refractivity contribution in [3.05, 3.63) is 87.3 Å². The molecule has 2 heterocycles. The van der Waals surface area contributed by atoms with E-state index in [0.717, 1.165) is 22.3 Å². The summed E-state index contributed by atoms with van der Waals surface area (Å²) in [7, 11) is 0. The van der Waals surface area contributed by atoms with Gasteiger partial charge in [0.2, 0.25) is 0 Å². The summed E-state index contributed by atoms with van der Waals surface area (Å²) < 4.78 is 1.54. The number of aromatic carboxylic acids is 1. The number of aryl methyl sites for hydroxylation is 1. The summed E-state index contributed by atoms with van der Waals surface area (Å²) in [4.78, 5) is 29.0. The lowest BCUT2D eigenvalue weighted by atomic mass is 10.1. The minimum Gasteiger partial charge on any atom is -0.545 e. The van der Waals surface area contributed by atoms with Crippen molar-refractivity contribution in [1.29, 1.82) is 0 Å². The van der Waals surface area contributed by atoms with Gasteiger partial charge in [0.15, 0.2) is 0 Å². The molecule has 0 spiro atoms. The third-order valence-corrected chi connectivity index (χ3v) is 5.35. The Morgan fingerprint density at radius 3 is 2.48 bits per heavy atom. The first kappa shape index (κ1) is 17.2. The largest absolute Gasteiger partial charge is 0.545 e. The highest BCUT2D eigenvalue weighted by atomic mass is 32.1. The Kier molecular flexibility index (Phi) is 4.33. The van der Waals surface area contributed by atoms with Gasteiger partial charge in [-0.25, -0.2) is 4.98 Å². The smallest absolute Gasteiger partial charge is 0.263 e. The molecule has 27 heavy (non-hydrogen) atoms. The molecule has 0 N–H and O–H groups in total. The van der Waals surface area contributed by atoms with E-state index in [1.165, 1.54) is 29.8 Å². The van der Waals surface area contributed by atoms with Gasteiger partial charge in [0.1, 0.15) is 4.83 Å². The second-order valence-electron chi connectivity index (χ2n) is 6.36. The average molecular weight is 375 g/mol. The molecule has 4 aromatic rings. The Hall–Kier alpha value is -3.25. The van der Waals surface area contributed by atoms with E-state index in [2.05, 4.69) is 4.98 Å². The number of thiophene rings is 1. The van der Waals surface area contributed by atoms with Crippen molar-refractivity contribution in [3.63, 3.8) is 0 Å². The topological polar surface area (TPSA) is 75.0 Å². The summed E-state index contributed by atoms with van der Waals surface area (Å²) in [6.45, 7) is 2.34. The van der Waals surface area contributed by atoms with E-state index in [9.17, 15) is 14.7 Å². The van der Waals surface area contributed by atoms with Gasteiger partial charge in [-0.2, -0.15) is 0 Å². The molecule has 4 rings (SSSR count). The first-order chi connectivity index (χ1) is 13.0. The normalized spacial score (nSPS) is 11.0. The first-order valence-corrected chi connectivity index (χ1v) is 9.25. The lowest BCUT2D eigenvalue weighted by molar-refractivity contribution is -0.255. The number of rotatable bonds is 4. The van der Waals surface area contributed by atoms with Gasteiger partial charge in [-0.3, -0.25) is 9.36 Å². The number of fused-ring (bicyclic) bond motifs is 1. The maximum atomic E-state index is 13.1. The molecule has 0 aliphatic heterocycles. The fourth-order valence-electron chi connectivity index (χ4n) is 2.97. The first-order valence-electron chi connectivity index (χ1n) is 8.37. The number of carboxylic acids is 1. The minimum atomic E-state index is -1.22. The van der Waals surface area contributed by atoms with E-state index in [1.807, 2.05) is 36.6 Å². The van der Waals surface area contributed by atoms with Crippen LogP contribution in [0.2, 0.25) is 0 Å². The van der Waals surface area contributed by atoms with Gasteiger partial charge in [-0.05, 0) is 23.6 Å². The van der Waals surface area contributed by atoms with Crippen LogP contribution >= 0.6 is 11.3 Å². The van der Waals surface area contributed by atoms with E-state index >= 15 is 0 Å². The number of hydrogen-bond donors (Lipinski definition) is 0. The van der Waals surface area contributed by atoms with E-state index in [0.29, 0.717) is 16.8 Å². The van der Waals surface area contributed by atoms with Crippen LogP contribution in [0.5, 0.6) is 0 Å². The molecule has 5 nitrogen and oxygen atoms in total. The van der Waals surface area contributed by atoms with Crippen LogP contribution in [0.4, 0.5) is 0 Å². The maximum absolute atomic E-state index is 13.1. The second kappa shape index (κ2) is 6.81. The SMILES string of the molecule is Cc1ccc(-c2csc3ncn(Cc4ccc(C(=O)[O-])cc4)c(=O)c23)cc1. The Balaban J connectivity index is 1.75. The highest BCUT2D eigenvalue weighted by molar-refractivity contribution is 7.17. The molecule has 0 unspecified atom stereocenters. The van der Waals surface area contributed by atoms with Crippen molar-refractivity contribution in [2.75, 3.05) is 0 Å². The summed E-state index contributed by atoms with van der Waals surface area (Å²) in [5, 5.41) is 13.4. The van der Waals surface area contributed by atoms with Crippen molar-refractivity contribution in [1.82, 2.24) is 9.55 Å². The van der Waals surface area contributed by atoms with E-state index < -0.39 is 5.97 Å². The van der Waals surface area contributed by atoms with Crippen LogP contribution in [-0.2, 0) is 6.54 Å². The Morgan fingerprint density at radius 2 is 1.81 bits per heavy atom. The van der Waals surface area contributed by atoms with Crippen molar-refractivity contribution in [2.45, 2.75) is 13.5 Å². The van der Waals surface area contributed by atoms with Crippen LogP contribution in [0.3, 0.4) is 0 Å². The molecule has 0 radical (unpaired) electrons. The predicted octanol–water partition coefficient (Wildman–Crippen LogP) is 2.85. The molecule has 0 fully saturated rings. The molecule has 0 bridgehead atoms. The Labute approximate surface area is 159 Å². The van der Waals surface area contributed by atoms with Crippen LogP contribution in [-0.4, -0.2) is 15.5 Å². The van der Waals surface area contributed by atoms with E-state index in [4.69, 9.17) is 0 Å². The summed E-state index contributed by atoms with van der Waals surface area (Å²) in [5.41, 5.74) is 3.85. The van der Waals surface area contributed by atoms with Gasteiger partial charge in [0.05, 0.1) is 24.2 Å². The molecule has 0 atom stereocenters. The second-order valence-corrected chi connectivity index (χ2v) is 7.22. The molecule has 0 aliphatic rings. The highest BCUT2D eigenvalue weighted by Gasteiger charge is 2.13. The number of benzene rings is 2. The van der Waals surface area contributed by atoms with Crippen molar-refractivity contribution >= 4 is 27.5 Å². The van der Waals surface area contributed by atoms with Crippen molar-refractivity contribution in [2.24, 2.45) is 0 Å². The minimum absolute atomic E-state index is 0.110. The Bertz CT molecular complexity index is 1190. The molecular formula is C21H15N2O3S-. The van der Waals surface area contributed by atoms with Crippen LogP contribution in [0.1, 0.15) is 21.5 Å². The van der Waals surface area contributed by atoms with Crippen LogP contribution in [0.15, 0.2) is 65.0 Å². The standard InChI is InChI=1S/C21H16N2O3S/c1-13-2-6-15(7-3-13)17-11-27-19-18(17)20(24)23(12-22-19)10-14-4-8-16(9-5-14)21(25)26/h2-9,11-12H,10H2,1H3,(H,25,26)/p-1. The monoisotopic (exact) mass is 375 g/mol. The fourth-order valence-corrected chi connectivity index (χ4v) is 3.88. The molecule has 0 amide bonds. The van der Waals surface area contributed by atoms with Gasteiger partial charge in [-0.15, -0.1) is 11.3 Å². The fraction of sp³-hybridized carbons (Fsp3) is 0.0952. The molecule has 6 heteroatoms. The highest BCUT2D eigenvalue weighted by Crippen LogP contribution is 2.30. The third-order valence-electron chi connectivity index (χ3n) is 4.47. The summed E-state index contributed by atoms with van der Waals surface area (Å²) >= 11 is 1.45. The summed E-state index contributed by atoms with van der Waals surface area (Å²) in [5.74, 6) is -1.22. The zero-order valence-corrected chi connectivity index (χ0v) is 15.3. The number of carboxylic acid groups (broad SMARTS) is 1. The molecule has 0 saturated carbocycles. The lowest BCUT2D eigenvalue weighted by Gasteiger charge is -2.08. The Morgan fingerprint density at radius 1 is 1.11 bits per heavy atom. The molecule has 2 aromatic carbocycles. The van der Waals surface area contributed by atoms with Gasteiger partial charge in [0.25, 0.3) is 5.56 Å². The molecular weight excluding hydrogens is 360 g/mol. The van der Waals surface area contributed by atoms with Gasteiger partial charge >= 0.3 is 0 Å². The lowest BCUT2D eigenvalue weighted by Crippen LogP contribution is -2.22. The summed E-state index contributed by atoms with van der Waals surface area (Å²) in [6.07, 6.45) is 1.53. The van der Waals surface area contributed by atoms with Crippen LogP contribution in [0, 0.1) is 6.92 Å². The number of carbonyl (C=O) groups is 1. The number of aromatic nitrogens is 2. The van der Waals surface area contributed by atoms with Crippen molar-refractivity contribution < 1.29 is 9.90 Å². The number of nitrogens with zero attached hydrogens (tertiary/aromatic N) is 2. The van der Waals surface area contributed by atoms with Gasteiger partial charge < -0.3 is 9.90 Å². The quantitative estimate of drug-likeness (QED) is 0.550. The number of carbonyl (C=O) groups excluding carboxylic acids is 1. The predicted molar refractivity (Wildman–Crippen MR) is 104 cm³/mol. The molecule has 134 valence electrons. The summed E-state index contributed by atoms with van der Waals surface area (Å²) in [6, 6.07) is 14.4.